The number of hydrogen-bond donors (Lipinski definition) is 1. The van der Waals surface area contributed by atoms with Crippen LogP contribution in [0.5, 0.6) is 0 Å². The standard InChI is InChI=1S/C16H25N3OS.HI/c1-17-16(18-9-11-20-2)19-10-8-14(12-19)13-21-15-6-4-3-5-7-15;/h3-7,14H,8-13H2,1-2H3,(H,17,18);1H. The van der Waals surface area contributed by atoms with Crippen LogP contribution in [0.4, 0.5) is 0 Å². The van der Waals surface area contributed by atoms with Crippen molar-refractivity contribution < 1.29 is 4.74 Å². The molecule has 1 fully saturated rings. The second-order valence-corrected chi connectivity index (χ2v) is 6.28. The van der Waals surface area contributed by atoms with Gasteiger partial charge in [0, 0.05) is 44.4 Å². The first-order valence-electron chi connectivity index (χ1n) is 7.46. The summed E-state index contributed by atoms with van der Waals surface area (Å²) in [5.41, 5.74) is 0. The van der Waals surface area contributed by atoms with Gasteiger partial charge in [-0.25, -0.2) is 0 Å². The monoisotopic (exact) mass is 435 g/mol. The van der Waals surface area contributed by atoms with E-state index in [2.05, 4.69) is 45.5 Å². The highest BCUT2D eigenvalue weighted by Crippen LogP contribution is 2.25. The number of benzene rings is 1. The summed E-state index contributed by atoms with van der Waals surface area (Å²) < 4.78 is 5.07. The fourth-order valence-electron chi connectivity index (χ4n) is 2.49. The predicted octanol–water partition coefficient (Wildman–Crippen LogP) is 2.94. The molecule has 22 heavy (non-hydrogen) atoms. The van der Waals surface area contributed by atoms with E-state index in [1.807, 2.05) is 18.8 Å². The lowest BCUT2D eigenvalue weighted by Crippen LogP contribution is -2.41. The molecule has 2 rings (SSSR count). The molecule has 1 aliphatic rings. The number of guanidine groups is 1. The number of aliphatic imine (C=N–C) groups is 1. The van der Waals surface area contributed by atoms with Gasteiger partial charge < -0.3 is 15.0 Å². The maximum absolute atomic E-state index is 5.07. The van der Waals surface area contributed by atoms with Crippen molar-refractivity contribution in [2.75, 3.05) is 46.2 Å². The van der Waals surface area contributed by atoms with Crippen LogP contribution in [0.2, 0.25) is 0 Å². The summed E-state index contributed by atoms with van der Waals surface area (Å²) in [4.78, 5) is 8.08. The van der Waals surface area contributed by atoms with Crippen LogP contribution in [0.3, 0.4) is 0 Å². The molecule has 0 saturated carbocycles. The lowest BCUT2D eigenvalue weighted by atomic mass is 10.2. The Morgan fingerprint density at radius 2 is 2.18 bits per heavy atom. The Morgan fingerprint density at radius 3 is 2.86 bits per heavy atom. The number of halogens is 1. The average molecular weight is 435 g/mol. The summed E-state index contributed by atoms with van der Waals surface area (Å²) in [6.45, 7) is 3.70. The lowest BCUT2D eigenvalue weighted by molar-refractivity contribution is 0.203. The van der Waals surface area contributed by atoms with Crippen molar-refractivity contribution >= 4 is 41.7 Å². The highest BCUT2D eigenvalue weighted by molar-refractivity contribution is 14.0. The zero-order valence-corrected chi connectivity index (χ0v) is 16.5. The minimum absolute atomic E-state index is 0. The lowest BCUT2D eigenvalue weighted by Gasteiger charge is -2.21. The highest BCUT2D eigenvalue weighted by atomic mass is 127. The molecular weight excluding hydrogens is 409 g/mol. The van der Waals surface area contributed by atoms with Gasteiger partial charge >= 0.3 is 0 Å². The van der Waals surface area contributed by atoms with E-state index in [0.717, 1.165) is 31.5 Å². The molecule has 124 valence electrons. The van der Waals surface area contributed by atoms with Crippen molar-refractivity contribution in [3.05, 3.63) is 30.3 Å². The molecule has 1 unspecified atom stereocenters. The van der Waals surface area contributed by atoms with Gasteiger partial charge in [-0.15, -0.1) is 35.7 Å². The third kappa shape index (κ3) is 6.34. The zero-order valence-electron chi connectivity index (χ0n) is 13.3. The van der Waals surface area contributed by atoms with Crippen molar-refractivity contribution in [3.63, 3.8) is 0 Å². The number of nitrogens with one attached hydrogen (secondary N) is 1. The Hall–Kier alpha value is -0.470. The fourth-order valence-corrected chi connectivity index (χ4v) is 3.54. The van der Waals surface area contributed by atoms with Crippen LogP contribution in [-0.2, 0) is 4.74 Å². The molecule has 0 radical (unpaired) electrons. The number of ether oxygens (including phenoxy) is 1. The minimum atomic E-state index is 0. The van der Waals surface area contributed by atoms with Crippen LogP contribution < -0.4 is 5.32 Å². The molecule has 1 atom stereocenters. The second-order valence-electron chi connectivity index (χ2n) is 5.19. The largest absolute Gasteiger partial charge is 0.383 e. The molecule has 1 saturated heterocycles. The number of nitrogens with zero attached hydrogens (tertiary/aromatic N) is 2. The van der Waals surface area contributed by atoms with E-state index in [1.165, 1.54) is 17.1 Å². The van der Waals surface area contributed by atoms with Gasteiger partial charge in [-0.1, -0.05) is 18.2 Å². The molecule has 4 nitrogen and oxygen atoms in total. The minimum Gasteiger partial charge on any atom is -0.383 e. The Bertz CT molecular complexity index is 444. The molecule has 0 aromatic heterocycles. The fraction of sp³-hybridized carbons (Fsp3) is 0.562. The SMILES string of the molecule is CN=C(NCCOC)N1CCC(CSc2ccccc2)C1.I. The summed E-state index contributed by atoms with van der Waals surface area (Å²) in [7, 11) is 3.57. The van der Waals surface area contributed by atoms with Gasteiger partial charge in [0.15, 0.2) is 5.96 Å². The van der Waals surface area contributed by atoms with Gasteiger partial charge in [0.05, 0.1) is 6.61 Å². The predicted molar refractivity (Wildman–Crippen MR) is 105 cm³/mol. The smallest absolute Gasteiger partial charge is 0.193 e. The summed E-state index contributed by atoms with van der Waals surface area (Å²) in [6.07, 6.45) is 1.24. The van der Waals surface area contributed by atoms with Gasteiger partial charge in [0.25, 0.3) is 0 Å². The third-order valence-electron chi connectivity index (χ3n) is 3.62. The van der Waals surface area contributed by atoms with Crippen molar-refractivity contribution in [2.45, 2.75) is 11.3 Å². The maximum atomic E-state index is 5.07. The Kier molecular flexibility index (Phi) is 9.90. The van der Waals surface area contributed by atoms with E-state index < -0.39 is 0 Å². The molecule has 0 amide bonds. The quantitative estimate of drug-likeness (QED) is 0.245. The number of hydrogen-bond acceptors (Lipinski definition) is 3. The van der Waals surface area contributed by atoms with E-state index >= 15 is 0 Å². The molecule has 0 aliphatic carbocycles. The van der Waals surface area contributed by atoms with Gasteiger partial charge in [-0.05, 0) is 24.5 Å². The van der Waals surface area contributed by atoms with Gasteiger partial charge in [-0.2, -0.15) is 0 Å². The van der Waals surface area contributed by atoms with E-state index in [1.54, 1.807) is 7.11 Å². The third-order valence-corrected chi connectivity index (χ3v) is 4.86. The molecule has 1 aliphatic heterocycles. The summed E-state index contributed by atoms with van der Waals surface area (Å²) >= 11 is 1.95. The number of methoxy groups -OCH3 is 1. The first-order chi connectivity index (χ1) is 10.3. The summed E-state index contributed by atoms with van der Waals surface area (Å²) in [5.74, 6) is 2.91. The van der Waals surface area contributed by atoms with Crippen molar-refractivity contribution in [3.8, 4) is 0 Å². The normalized spacial score (nSPS) is 18.2. The van der Waals surface area contributed by atoms with Crippen LogP contribution in [-0.4, -0.2) is 57.0 Å². The maximum Gasteiger partial charge on any atom is 0.193 e. The summed E-state index contributed by atoms with van der Waals surface area (Å²) in [6, 6.07) is 10.6. The van der Waals surface area contributed by atoms with Gasteiger partial charge in [-0.3, -0.25) is 4.99 Å². The van der Waals surface area contributed by atoms with E-state index in [0.29, 0.717) is 6.61 Å². The molecular formula is C16H26IN3OS. The molecule has 0 bridgehead atoms. The number of thioether (sulfide) groups is 1. The highest BCUT2D eigenvalue weighted by Gasteiger charge is 2.24. The molecule has 0 spiro atoms. The van der Waals surface area contributed by atoms with Crippen LogP contribution in [0.15, 0.2) is 40.2 Å². The molecule has 1 aromatic rings. The van der Waals surface area contributed by atoms with Crippen molar-refractivity contribution in [1.29, 1.82) is 0 Å². The average Bonchev–Trinajstić information content (AvgIpc) is 2.99. The Morgan fingerprint density at radius 1 is 1.41 bits per heavy atom. The topological polar surface area (TPSA) is 36.9 Å². The number of likely N-dealkylation sites (tertiary alicyclic amines) is 1. The zero-order chi connectivity index (χ0) is 14.9. The van der Waals surface area contributed by atoms with Gasteiger partial charge in [0.1, 0.15) is 0 Å². The van der Waals surface area contributed by atoms with E-state index in [9.17, 15) is 0 Å². The van der Waals surface area contributed by atoms with E-state index in [-0.39, 0.29) is 24.0 Å². The van der Waals surface area contributed by atoms with Crippen LogP contribution in [0.25, 0.3) is 0 Å². The van der Waals surface area contributed by atoms with Crippen LogP contribution >= 0.6 is 35.7 Å². The summed E-state index contributed by atoms with van der Waals surface area (Å²) in [5, 5.41) is 3.35. The van der Waals surface area contributed by atoms with Crippen molar-refractivity contribution in [1.82, 2.24) is 10.2 Å². The van der Waals surface area contributed by atoms with Gasteiger partial charge in [0.2, 0.25) is 0 Å². The first kappa shape index (κ1) is 19.6. The Labute approximate surface area is 155 Å². The number of rotatable bonds is 6. The second kappa shape index (κ2) is 11.1. The van der Waals surface area contributed by atoms with Crippen LogP contribution in [0.1, 0.15) is 6.42 Å². The van der Waals surface area contributed by atoms with E-state index in [4.69, 9.17) is 4.74 Å². The molecule has 1 heterocycles. The molecule has 6 heteroatoms. The molecule has 1 aromatic carbocycles. The van der Waals surface area contributed by atoms with Crippen molar-refractivity contribution in [2.24, 2.45) is 10.9 Å². The van der Waals surface area contributed by atoms with Crippen LogP contribution in [0, 0.1) is 5.92 Å². The first-order valence-corrected chi connectivity index (χ1v) is 8.44. The Balaban J connectivity index is 0.00000242. The molecule has 1 N–H and O–H groups in total.